The van der Waals surface area contributed by atoms with Gasteiger partial charge in [0.05, 0.1) is 11.7 Å². The van der Waals surface area contributed by atoms with Gasteiger partial charge in [0, 0.05) is 19.3 Å². The van der Waals surface area contributed by atoms with E-state index >= 15 is 0 Å². The number of carbonyl (C=O) groups excluding carboxylic acids is 1. The molecule has 8 nitrogen and oxygen atoms in total. The molecule has 0 aromatic carbocycles. The number of primary amides is 1. The van der Waals surface area contributed by atoms with Crippen molar-refractivity contribution in [2.24, 2.45) is 5.73 Å². The van der Waals surface area contributed by atoms with E-state index in [1.54, 1.807) is 0 Å². The second-order valence-electron chi connectivity index (χ2n) is 5.09. The van der Waals surface area contributed by atoms with Gasteiger partial charge < -0.3 is 10.3 Å². The Morgan fingerprint density at radius 1 is 1.57 bits per heavy atom. The lowest BCUT2D eigenvalue weighted by atomic mass is 10.2. The van der Waals surface area contributed by atoms with Gasteiger partial charge in [-0.2, -0.15) is 10.1 Å². The molecule has 2 aromatic heterocycles. The second kappa shape index (κ2) is 5.65. The zero-order chi connectivity index (χ0) is 14.8. The number of nitrogens with two attached hydrogens (primary N) is 1. The number of nitrogens with zero attached hydrogens (tertiary/aromatic N) is 5. The van der Waals surface area contributed by atoms with Crippen molar-refractivity contribution in [2.75, 3.05) is 6.54 Å². The fraction of sp³-hybridized carbons (Fsp3) is 0.538. The van der Waals surface area contributed by atoms with E-state index in [4.69, 9.17) is 10.3 Å². The standard InChI is InChI=1S/C13H18N6O2/c1-2-19-9(5-6-15-19)8-18-7-3-4-10(18)13-16-12(11(14)20)17-21-13/h5-6,10H,2-4,7-8H2,1H3,(H2,14,20). The molecule has 3 rings (SSSR count). The number of aryl methyl sites for hydroxylation is 1. The lowest BCUT2D eigenvalue weighted by Crippen LogP contribution is -2.24. The SMILES string of the molecule is CCn1nccc1CN1CCCC1c1nc(C(N)=O)no1. The number of hydrogen-bond acceptors (Lipinski definition) is 6. The van der Waals surface area contributed by atoms with E-state index in [0.29, 0.717) is 5.89 Å². The second-order valence-corrected chi connectivity index (χ2v) is 5.09. The molecule has 8 heteroatoms. The van der Waals surface area contributed by atoms with Crippen LogP contribution < -0.4 is 5.73 Å². The van der Waals surface area contributed by atoms with Crippen molar-refractivity contribution >= 4 is 5.91 Å². The van der Waals surface area contributed by atoms with Crippen molar-refractivity contribution < 1.29 is 9.32 Å². The number of amides is 1. The molecule has 0 spiro atoms. The molecule has 1 aliphatic rings. The van der Waals surface area contributed by atoms with Gasteiger partial charge in [-0.1, -0.05) is 5.16 Å². The molecule has 0 aliphatic carbocycles. The molecular weight excluding hydrogens is 272 g/mol. The summed E-state index contributed by atoms with van der Waals surface area (Å²) < 4.78 is 7.16. The summed E-state index contributed by atoms with van der Waals surface area (Å²) in [6.45, 7) is 4.63. The predicted molar refractivity (Wildman–Crippen MR) is 73.1 cm³/mol. The maximum absolute atomic E-state index is 11.1. The van der Waals surface area contributed by atoms with Crippen LogP contribution in [-0.2, 0) is 13.1 Å². The van der Waals surface area contributed by atoms with Crippen LogP contribution in [-0.4, -0.2) is 37.3 Å². The van der Waals surface area contributed by atoms with Gasteiger partial charge in [0.25, 0.3) is 11.7 Å². The maximum Gasteiger partial charge on any atom is 0.290 e. The molecular formula is C13H18N6O2. The molecule has 1 unspecified atom stereocenters. The summed E-state index contributed by atoms with van der Waals surface area (Å²) >= 11 is 0. The Bertz CT molecular complexity index is 634. The van der Waals surface area contributed by atoms with E-state index in [9.17, 15) is 4.79 Å². The molecule has 0 radical (unpaired) electrons. The Morgan fingerprint density at radius 2 is 2.43 bits per heavy atom. The van der Waals surface area contributed by atoms with Crippen LogP contribution in [0, 0.1) is 0 Å². The highest BCUT2D eigenvalue weighted by atomic mass is 16.5. The Balaban J connectivity index is 1.77. The molecule has 2 N–H and O–H groups in total. The van der Waals surface area contributed by atoms with Crippen LogP contribution in [0.2, 0.25) is 0 Å². The third kappa shape index (κ3) is 2.66. The van der Waals surface area contributed by atoms with Gasteiger partial charge >= 0.3 is 0 Å². The topological polar surface area (TPSA) is 103 Å². The first-order valence-corrected chi connectivity index (χ1v) is 7.07. The summed E-state index contributed by atoms with van der Waals surface area (Å²) in [5.74, 6) is -0.266. The van der Waals surface area contributed by atoms with E-state index in [1.807, 2.05) is 16.9 Å². The highest BCUT2D eigenvalue weighted by Gasteiger charge is 2.31. The van der Waals surface area contributed by atoms with Gasteiger partial charge in [0.1, 0.15) is 0 Å². The van der Waals surface area contributed by atoms with Crippen LogP contribution in [0.25, 0.3) is 0 Å². The van der Waals surface area contributed by atoms with E-state index < -0.39 is 5.91 Å². The predicted octanol–water partition coefficient (Wildman–Crippen LogP) is 0.722. The minimum Gasteiger partial charge on any atom is -0.363 e. The largest absolute Gasteiger partial charge is 0.363 e. The average molecular weight is 290 g/mol. The minimum atomic E-state index is -0.668. The van der Waals surface area contributed by atoms with Crippen molar-refractivity contribution in [3.63, 3.8) is 0 Å². The first kappa shape index (κ1) is 13.7. The lowest BCUT2D eigenvalue weighted by molar-refractivity contribution is 0.0987. The van der Waals surface area contributed by atoms with Crippen LogP contribution in [0.15, 0.2) is 16.8 Å². The molecule has 1 saturated heterocycles. The number of carbonyl (C=O) groups is 1. The molecule has 1 amide bonds. The van der Waals surface area contributed by atoms with Crippen molar-refractivity contribution in [1.29, 1.82) is 0 Å². The molecule has 1 atom stereocenters. The van der Waals surface area contributed by atoms with Gasteiger partial charge in [-0.05, 0) is 32.4 Å². The molecule has 0 saturated carbocycles. The fourth-order valence-corrected chi connectivity index (χ4v) is 2.75. The molecule has 1 aliphatic heterocycles. The van der Waals surface area contributed by atoms with Gasteiger partial charge in [-0.3, -0.25) is 14.4 Å². The summed E-state index contributed by atoms with van der Waals surface area (Å²) in [4.78, 5) is 17.4. The summed E-state index contributed by atoms with van der Waals surface area (Å²) in [6, 6.07) is 2.05. The number of likely N-dealkylation sites (tertiary alicyclic amines) is 1. The zero-order valence-electron chi connectivity index (χ0n) is 11.9. The summed E-state index contributed by atoms with van der Waals surface area (Å²) in [5, 5.41) is 7.90. The van der Waals surface area contributed by atoms with Gasteiger partial charge in [0.15, 0.2) is 0 Å². The monoisotopic (exact) mass is 290 g/mol. The van der Waals surface area contributed by atoms with Crippen LogP contribution >= 0.6 is 0 Å². The number of rotatable bonds is 5. The highest BCUT2D eigenvalue weighted by molar-refractivity contribution is 5.88. The van der Waals surface area contributed by atoms with Gasteiger partial charge in [0.2, 0.25) is 5.89 Å². The Morgan fingerprint density at radius 3 is 3.14 bits per heavy atom. The summed E-state index contributed by atoms with van der Waals surface area (Å²) in [7, 11) is 0. The molecule has 21 heavy (non-hydrogen) atoms. The number of hydrogen-bond donors (Lipinski definition) is 1. The normalized spacial score (nSPS) is 19.2. The molecule has 1 fully saturated rings. The van der Waals surface area contributed by atoms with Crippen LogP contribution in [0.3, 0.4) is 0 Å². The fourth-order valence-electron chi connectivity index (χ4n) is 2.75. The lowest BCUT2D eigenvalue weighted by Gasteiger charge is -2.21. The molecule has 112 valence electrons. The summed E-state index contributed by atoms with van der Waals surface area (Å²) in [6.07, 6.45) is 3.79. The summed E-state index contributed by atoms with van der Waals surface area (Å²) in [5.41, 5.74) is 6.31. The van der Waals surface area contributed by atoms with Crippen molar-refractivity contribution in [1.82, 2.24) is 24.8 Å². The van der Waals surface area contributed by atoms with Crippen LogP contribution in [0.5, 0.6) is 0 Å². The van der Waals surface area contributed by atoms with E-state index in [-0.39, 0.29) is 11.9 Å². The van der Waals surface area contributed by atoms with Crippen molar-refractivity contribution in [3.05, 3.63) is 29.7 Å². The zero-order valence-corrected chi connectivity index (χ0v) is 11.9. The Kier molecular flexibility index (Phi) is 3.70. The molecule has 2 aromatic rings. The Labute approximate surface area is 121 Å². The van der Waals surface area contributed by atoms with E-state index in [1.165, 1.54) is 0 Å². The molecule has 3 heterocycles. The first-order chi connectivity index (χ1) is 10.2. The molecule has 0 bridgehead atoms. The number of aromatic nitrogens is 4. The van der Waals surface area contributed by atoms with Gasteiger partial charge in [-0.25, -0.2) is 0 Å². The van der Waals surface area contributed by atoms with Crippen LogP contribution in [0.4, 0.5) is 0 Å². The van der Waals surface area contributed by atoms with E-state index in [2.05, 4.69) is 27.1 Å². The Hall–Kier alpha value is -2.22. The van der Waals surface area contributed by atoms with Crippen molar-refractivity contribution in [2.45, 2.75) is 38.9 Å². The van der Waals surface area contributed by atoms with E-state index in [0.717, 1.165) is 38.2 Å². The third-order valence-electron chi connectivity index (χ3n) is 3.78. The highest BCUT2D eigenvalue weighted by Crippen LogP contribution is 2.32. The minimum absolute atomic E-state index is 0.0332. The maximum atomic E-state index is 11.1. The first-order valence-electron chi connectivity index (χ1n) is 7.07. The van der Waals surface area contributed by atoms with Crippen LogP contribution in [0.1, 0.15) is 48.0 Å². The van der Waals surface area contributed by atoms with Gasteiger partial charge in [-0.15, -0.1) is 0 Å². The smallest absolute Gasteiger partial charge is 0.290 e. The third-order valence-corrected chi connectivity index (χ3v) is 3.78. The van der Waals surface area contributed by atoms with Crippen molar-refractivity contribution in [3.8, 4) is 0 Å². The average Bonchev–Trinajstić information content (AvgIpc) is 3.18. The quantitative estimate of drug-likeness (QED) is 0.870.